The number of anilines is 1. The number of imidazole rings is 1. The van der Waals surface area contributed by atoms with Gasteiger partial charge in [-0.25, -0.2) is 9.50 Å². The van der Waals surface area contributed by atoms with Crippen LogP contribution in [0.1, 0.15) is 26.5 Å². The molecule has 2 heterocycles. The number of nitrogens with zero attached hydrogens (tertiary/aromatic N) is 4. The minimum absolute atomic E-state index is 0.241. The number of hydrogen-bond acceptors (Lipinski definition) is 4. The fraction of sp³-hybridized carbons (Fsp3) is 0.571. The molecule has 5 nitrogen and oxygen atoms in total. The van der Waals surface area contributed by atoms with Crippen molar-refractivity contribution in [3.63, 3.8) is 0 Å². The van der Waals surface area contributed by atoms with Crippen LogP contribution in [-0.4, -0.2) is 34.7 Å². The predicted octanol–water partition coefficient (Wildman–Crippen LogP) is 1.71. The molecule has 5 heteroatoms. The summed E-state index contributed by atoms with van der Waals surface area (Å²) in [6.45, 7) is 8.23. The molecule has 0 aliphatic heterocycles. The second-order valence-corrected chi connectivity index (χ2v) is 6.18. The van der Waals surface area contributed by atoms with Gasteiger partial charge in [0.1, 0.15) is 5.82 Å². The summed E-state index contributed by atoms with van der Waals surface area (Å²) in [5.74, 6) is 0.958. The lowest BCUT2D eigenvalue weighted by molar-refractivity contribution is 0.417. The van der Waals surface area contributed by atoms with E-state index >= 15 is 0 Å². The van der Waals surface area contributed by atoms with E-state index < -0.39 is 0 Å². The van der Waals surface area contributed by atoms with Gasteiger partial charge in [-0.1, -0.05) is 20.8 Å². The van der Waals surface area contributed by atoms with Gasteiger partial charge in [0.25, 0.3) is 0 Å². The van der Waals surface area contributed by atoms with Gasteiger partial charge in [-0.15, -0.1) is 5.10 Å². The van der Waals surface area contributed by atoms with Crippen molar-refractivity contribution in [2.75, 3.05) is 25.0 Å². The van der Waals surface area contributed by atoms with Crippen molar-refractivity contribution in [2.24, 2.45) is 11.1 Å². The molecule has 2 rings (SSSR count). The summed E-state index contributed by atoms with van der Waals surface area (Å²) >= 11 is 0. The molecular formula is C14H23N5. The topological polar surface area (TPSA) is 59.5 Å². The van der Waals surface area contributed by atoms with Crippen molar-refractivity contribution in [2.45, 2.75) is 27.2 Å². The fourth-order valence-corrected chi connectivity index (χ4v) is 2.19. The van der Waals surface area contributed by atoms with Crippen LogP contribution in [0, 0.1) is 5.41 Å². The van der Waals surface area contributed by atoms with Gasteiger partial charge in [-0.2, -0.15) is 0 Å². The first-order chi connectivity index (χ1) is 8.89. The Morgan fingerprint density at radius 2 is 2.05 bits per heavy atom. The summed E-state index contributed by atoms with van der Waals surface area (Å²) in [7, 11) is 2.07. The van der Waals surface area contributed by atoms with Crippen LogP contribution < -0.4 is 10.6 Å². The second kappa shape index (κ2) is 5.17. The lowest BCUT2D eigenvalue weighted by Gasteiger charge is -2.27. The molecule has 2 aromatic heterocycles. The molecule has 0 aliphatic carbocycles. The summed E-state index contributed by atoms with van der Waals surface area (Å²) < 4.78 is 1.83. The van der Waals surface area contributed by atoms with Crippen LogP contribution in [0.4, 0.5) is 5.82 Å². The quantitative estimate of drug-likeness (QED) is 0.910. The highest BCUT2D eigenvalue weighted by atomic mass is 15.3. The number of nitrogens with two attached hydrogens (primary N) is 1. The van der Waals surface area contributed by atoms with E-state index in [2.05, 4.69) is 42.8 Å². The molecule has 0 saturated heterocycles. The molecule has 0 spiro atoms. The van der Waals surface area contributed by atoms with Crippen molar-refractivity contribution >= 4 is 11.5 Å². The van der Waals surface area contributed by atoms with E-state index in [0.717, 1.165) is 30.1 Å². The predicted molar refractivity (Wildman–Crippen MR) is 78.5 cm³/mol. The number of rotatable bonds is 4. The monoisotopic (exact) mass is 261 g/mol. The minimum Gasteiger partial charge on any atom is -0.358 e. The molecule has 2 N–H and O–H groups in total. The molecule has 19 heavy (non-hydrogen) atoms. The largest absolute Gasteiger partial charge is 0.358 e. The van der Waals surface area contributed by atoms with E-state index in [4.69, 9.17) is 5.73 Å². The Labute approximate surface area is 114 Å². The molecule has 0 saturated carbocycles. The van der Waals surface area contributed by atoms with Crippen molar-refractivity contribution in [3.8, 4) is 0 Å². The molecule has 0 amide bonds. The van der Waals surface area contributed by atoms with Gasteiger partial charge in [0.05, 0.1) is 11.9 Å². The molecule has 0 aromatic carbocycles. The van der Waals surface area contributed by atoms with Crippen molar-refractivity contribution in [1.29, 1.82) is 0 Å². The van der Waals surface area contributed by atoms with Gasteiger partial charge in [0.15, 0.2) is 5.65 Å². The zero-order valence-electron chi connectivity index (χ0n) is 12.2. The Balaban J connectivity index is 2.25. The highest BCUT2D eigenvalue weighted by molar-refractivity contribution is 5.46. The fourth-order valence-electron chi connectivity index (χ4n) is 2.19. The van der Waals surface area contributed by atoms with E-state index in [0.29, 0.717) is 6.54 Å². The maximum atomic E-state index is 5.55. The minimum atomic E-state index is 0.241. The maximum Gasteiger partial charge on any atom is 0.153 e. The number of aromatic nitrogens is 3. The first-order valence-electron chi connectivity index (χ1n) is 6.65. The summed E-state index contributed by atoms with van der Waals surface area (Å²) in [6, 6.07) is 4.02. The highest BCUT2D eigenvalue weighted by Crippen LogP contribution is 2.19. The van der Waals surface area contributed by atoms with Gasteiger partial charge in [-0.3, -0.25) is 0 Å². The van der Waals surface area contributed by atoms with Gasteiger partial charge < -0.3 is 10.6 Å². The van der Waals surface area contributed by atoms with Crippen LogP contribution >= 0.6 is 0 Å². The third-order valence-corrected chi connectivity index (χ3v) is 2.86. The van der Waals surface area contributed by atoms with Crippen LogP contribution in [0.25, 0.3) is 5.65 Å². The summed E-state index contributed by atoms with van der Waals surface area (Å²) in [5, 5.41) is 4.60. The highest BCUT2D eigenvalue weighted by Gasteiger charge is 2.15. The third-order valence-electron chi connectivity index (χ3n) is 2.86. The van der Waals surface area contributed by atoms with E-state index in [9.17, 15) is 0 Å². The number of fused-ring (bicyclic) bond motifs is 1. The first-order valence-corrected chi connectivity index (χ1v) is 6.65. The summed E-state index contributed by atoms with van der Waals surface area (Å²) in [6.07, 6.45) is 2.74. The molecule has 0 unspecified atom stereocenters. The molecule has 0 fully saturated rings. The average molecular weight is 261 g/mol. The van der Waals surface area contributed by atoms with Crippen LogP contribution in [0.2, 0.25) is 0 Å². The molecular weight excluding hydrogens is 238 g/mol. The molecule has 0 atom stereocenters. The van der Waals surface area contributed by atoms with Crippen LogP contribution in [0.15, 0.2) is 18.3 Å². The molecule has 0 aliphatic rings. The Morgan fingerprint density at radius 1 is 1.32 bits per heavy atom. The average Bonchev–Trinajstić information content (AvgIpc) is 2.68. The third kappa shape index (κ3) is 3.44. The van der Waals surface area contributed by atoms with Gasteiger partial charge >= 0.3 is 0 Å². The van der Waals surface area contributed by atoms with E-state index in [1.807, 2.05) is 22.8 Å². The summed E-state index contributed by atoms with van der Waals surface area (Å²) in [4.78, 5) is 6.65. The van der Waals surface area contributed by atoms with Crippen molar-refractivity contribution in [1.82, 2.24) is 14.6 Å². The molecule has 0 bridgehead atoms. The van der Waals surface area contributed by atoms with E-state index in [1.54, 1.807) is 0 Å². The molecule has 0 radical (unpaired) electrons. The van der Waals surface area contributed by atoms with Crippen LogP contribution in [0.3, 0.4) is 0 Å². The van der Waals surface area contributed by atoms with Gasteiger partial charge in [0.2, 0.25) is 0 Å². The Bertz CT molecular complexity index is 552. The SMILES string of the molecule is CN(CC(C)(C)C)c1ccc2nc(CCN)cn2n1. The zero-order valence-corrected chi connectivity index (χ0v) is 12.2. The summed E-state index contributed by atoms with van der Waals surface area (Å²) in [5.41, 5.74) is 7.66. The molecule has 104 valence electrons. The Kier molecular flexibility index (Phi) is 3.75. The Hall–Kier alpha value is -1.62. The number of hydrogen-bond donors (Lipinski definition) is 1. The maximum absolute atomic E-state index is 5.55. The Morgan fingerprint density at radius 3 is 2.68 bits per heavy atom. The zero-order chi connectivity index (χ0) is 14.0. The van der Waals surface area contributed by atoms with Crippen molar-refractivity contribution < 1.29 is 0 Å². The second-order valence-electron chi connectivity index (χ2n) is 6.18. The first kappa shape index (κ1) is 13.8. The van der Waals surface area contributed by atoms with E-state index in [1.165, 1.54) is 0 Å². The lowest BCUT2D eigenvalue weighted by Crippen LogP contribution is -2.30. The molecule has 2 aromatic rings. The standard InChI is InChI=1S/C14H23N5/c1-14(2,3)10-18(4)13-6-5-12-16-11(7-8-15)9-19(12)17-13/h5-6,9H,7-8,10,15H2,1-4H3. The van der Waals surface area contributed by atoms with E-state index in [-0.39, 0.29) is 5.41 Å². The normalized spacial score (nSPS) is 12.1. The van der Waals surface area contributed by atoms with Gasteiger partial charge in [0, 0.05) is 20.0 Å². The van der Waals surface area contributed by atoms with Crippen LogP contribution in [-0.2, 0) is 6.42 Å². The lowest BCUT2D eigenvalue weighted by atomic mass is 9.96. The smallest absolute Gasteiger partial charge is 0.153 e. The van der Waals surface area contributed by atoms with Crippen molar-refractivity contribution in [3.05, 3.63) is 24.0 Å². The van der Waals surface area contributed by atoms with Gasteiger partial charge in [-0.05, 0) is 24.1 Å². The van der Waals surface area contributed by atoms with Crippen LogP contribution in [0.5, 0.6) is 0 Å².